The van der Waals surface area contributed by atoms with Crippen molar-refractivity contribution < 1.29 is 24.1 Å². The predicted molar refractivity (Wildman–Crippen MR) is 147 cm³/mol. The molecule has 0 unspecified atom stereocenters. The van der Waals surface area contributed by atoms with E-state index in [9.17, 15) is 9.90 Å². The van der Waals surface area contributed by atoms with Gasteiger partial charge in [-0.2, -0.15) is 15.0 Å². The Kier molecular flexibility index (Phi) is 11.5. The highest BCUT2D eigenvalue weighted by Crippen LogP contribution is 2.23. The van der Waals surface area contributed by atoms with Gasteiger partial charge in [0.15, 0.2) is 0 Å². The SMILES string of the molecule is NCCOCCOCCNC(=O)c1ccc(Nc2nc(NC3CCC(O)CC3)nc(N3CCOCC3)n2)cc1. The molecular formula is C26H40N8O5. The van der Waals surface area contributed by atoms with E-state index in [0.29, 0.717) is 89.2 Å². The van der Waals surface area contributed by atoms with Gasteiger partial charge in [0.05, 0.1) is 45.7 Å². The lowest BCUT2D eigenvalue weighted by Gasteiger charge is -2.28. The Morgan fingerprint density at radius 1 is 0.974 bits per heavy atom. The molecule has 1 aliphatic carbocycles. The highest BCUT2D eigenvalue weighted by Gasteiger charge is 2.22. The molecule has 39 heavy (non-hydrogen) atoms. The van der Waals surface area contributed by atoms with Crippen LogP contribution in [-0.2, 0) is 14.2 Å². The first-order valence-electron chi connectivity index (χ1n) is 13.6. The molecule has 1 saturated carbocycles. The van der Waals surface area contributed by atoms with Gasteiger partial charge in [-0.3, -0.25) is 4.79 Å². The number of morpholine rings is 1. The summed E-state index contributed by atoms with van der Waals surface area (Å²) in [6.45, 7) is 5.40. The number of amides is 1. The van der Waals surface area contributed by atoms with Crippen molar-refractivity contribution in [2.75, 3.05) is 81.4 Å². The number of hydrogen-bond donors (Lipinski definition) is 5. The molecule has 2 aliphatic rings. The molecule has 1 saturated heterocycles. The summed E-state index contributed by atoms with van der Waals surface area (Å²) in [5, 5.41) is 19.3. The second kappa shape index (κ2) is 15.5. The highest BCUT2D eigenvalue weighted by atomic mass is 16.5. The average molecular weight is 545 g/mol. The molecule has 0 radical (unpaired) electrons. The topological polar surface area (TPSA) is 169 Å². The number of nitrogens with zero attached hydrogens (tertiary/aromatic N) is 4. The van der Waals surface area contributed by atoms with E-state index < -0.39 is 0 Å². The number of ether oxygens (including phenoxy) is 3. The van der Waals surface area contributed by atoms with Crippen LogP contribution in [-0.4, -0.2) is 104 Å². The summed E-state index contributed by atoms with van der Waals surface area (Å²) in [5.41, 5.74) is 6.65. The maximum atomic E-state index is 12.5. The number of benzene rings is 1. The number of aliphatic hydroxyl groups excluding tert-OH is 1. The average Bonchev–Trinajstić information content (AvgIpc) is 2.96. The Balaban J connectivity index is 1.33. The van der Waals surface area contributed by atoms with Gasteiger partial charge in [-0.25, -0.2) is 0 Å². The second-order valence-electron chi connectivity index (χ2n) is 9.50. The van der Waals surface area contributed by atoms with E-state index in [2.05, 4.69) is 35.8 Å². The van der Waals surface area contributed by atoms with Crippen molar-refractivity contribution in [3.8, 4) is 0 Å². The first kappa shape index (κ1) is 28.9. The summed E-state index contributed by atoms with van der Waals surface area (Å²) in [6, 6.07) is 7.32. The maximum Gasteiger partial charge on any atom is 0.251 e. The third-order valence-electron chi connectivity index (χ3n) is 6.52. The zero-order valence-electron chi connectivity index (χ0n) is 22.3. The molecule has 1 aromatic carbocycles. The zero-order valence-corrected chi connectivity index (χ0v) is 22.3. The van der Waals surface area contributed by atoms with Gasteiger partial charge >= 0.3 is 0 Å². The minimum Gasteiger partial charge on any atom is -0.393 e. The van der Waals surface area contributed by atoms with E-state index in [4.69, 9.17) is 19.9 Å². The van der Waals surface area contributed by atoms with Gasteiger partial charge in [0.1, 0.15) is 0 Å². The predicted octanol–water partition coefficient (Wildman–Crippen LogP) is 0.889. The van der Waals surface area contributed by atoms with Crippen LogP contribution < -0.4 is 26.6 Å². The number of nitrogens with two attached hydrogens (primary N) is 1. The van der Waals surface area contributed by atoms with E-state index >= 15 is 0 Å². The van der Waals surface area contributed by atoms with E-state index in [1.54, 1.807) is 12.1 Å². The fourth-order valence-electron chi connectivity index (χ4n) is 4.37. The molecule has 6 N–H and O–H groups in total. The molecule has 2 fully saturated rings. The number of nitrogens with one attached hydrogen (secondary N) is 3. The Labute approximate surface area is 228 Å². The first-order valence-corrected chi connectivity index (χ1v) is 13.6. The van der Waals surface area contributed by atoms with Crippen molar-refractivity contribution in [1.29, 1.82) is 0 Å². The van der Waals surface area contributed by atoms with Crippen LogP contribution in [0.25, 0.3) is 0 Å². The van der Waals surface area contributed by atoms with Gasteiger partial charge in [0.2, 0.25) is 17.8 Å². The molecule has 13 nitrogen and oxygen atoms in total. The summed E-state index contributed by atoms with van der Waals surface area (Å²) in [7, 11) is 0. The monoisotopic (exact) mass is 544 g/mol. The van der Waals surface area contributed by atoms with Crippen LogP contribution in [0.1, 0.15) is 36.0 Å². The maximum absolute atomic E-state index is 12.5. The van der Waals surface area contributed by atoms with Gasteiger partial charge in [0, 0.05) is 43.5 Å². The van der Waals surface area contributed by atoms with Crippen molar-refractivity contribution in [1.82, 2.24) is 20.3 Å². The third kappa shape index (κ3) is 9.55. The van der Waals surface area contributed by atoms with Gasteiger partial charge in [0.25, 0.3) is 5.91 Å². The standard InChI is InChI=1S/C26H40N8O5/c27-9-13-37-17-18-38-14-10-28-23(36)19-1-3-20(4-2-19)29-24-31-25(30-21-5-7-22(35)8-6-21)33-26(32-24)34-11-15-39-16-12-34/h1-4,21-22,35H,5-18,27H2,(H,28,36)(H2,29,30,31,32,33). The molecule has 0 bridgehead atoms. The molecule has 214 valence electrons. The third-order valence-corrected chi connectivity index (χ3v) is 6.52. The van der Waals surface area contributed by atoms with Crippen molar-refractivity contribution in [3.05, 3.63) is 29.8 Å². The van der Waals surface area contributed by atoms with Gasteiger partial charge in [-0.1, -0.05) is 0 Å². The number of carbonyl (C=O) groups excluding carboxylic acids is 1. The van der Waals surface area contributed by atoms with Gasteiger partial charge in [-0.15, -0.1) is 0 Å². The molecule has 1 aliphatic heterocycles. The van der Waals surface area contributed by atoms with E-state index in [0.717, 1.165) is 31.4 Å². The number of anilines is 4. The smallest absolute Gasteiger partial charge is 0.251 e. The molecule has 1 amide bonds. The summed E-state index contributed by atoms with van der Waals surface area (Å²) in [4.78, 5) is 28.5. The lowest BCUT2D eigenvalue weighted by atomic mass is 9.93. The van der Waals surface area contributed by atoms with E-state index in [1.165, 1.54) is 0 Å². The van der Waals surface area contributed by atoms with Crippen LogP contribution in [0.2, 0.25) is 0 Å². The van der Waals surface area contributed by atoms with Crippen LogP contribution >= 0.6 is 0 Å². The zero-order chi connectivity index (χ0) is 27.3. The summed E-state index contributed by atoms with van der Waals surface area (Å²) in [5.74, 6) is 1.32. The van der Waals surface area contributed by atoms with Gasteiger partial charge < -0.3 is 45.9 Å². The fourth-order valence-corrected chi connectivity index (χ4v) is 4.37. The van der Waals surface area contributed by atoms with Crippen LogP contribution in [0.15, 0.2) is 24.3 Å². The quantitative estimate of drug-likeness (QED) is 0.213. The summed E-state index contributed by atoms with van der Waals surface area (Å²) >= 11 is 0. The largest absolute Gasteiger partial charge is 0.393 e. The number of carbonyl (C=O) groups is 1. The Morgan fingerprint density at radius 3 is 2.38 bits per heavy atom. The fraction of sp³-hybridized carbons (Fsp3) is 0.615. The minimum atomic E-state index is -0.229. The van der Waals surface area contributed by atoms with Crippen LogP contribution in [0.4, 0.5) is 23.5 Å². The van der Waals surface area contributed by atoms with Crippen molar-refractivity contribution in [3.63, 3.8) is 0 Å². The van der Waals surface area contributed by atoms with Crippen LogP contribution in [0, 0.1) is 0 Å². The Bertz CT molecular complexity index is 1010. The molecular weight excluding hydrogens is 504 g/mol. The molecule has 13 heteroatoms. The number of rotatable bonds is 14. The number of hydrogen-bond acceptors (Lipinski definition) is 12. The van der Waals surface area contributed by atoms with Crippen LogP contribution in [0.5, 0.6) is 0 Å². The number of aromatic nitrogens is 3. The van der Waals surface area contributed by atoms with E-state index in [1.807, 2.05) is 12.1 Å². The highest BCUT2D eigenvalue weighted by molar-refractivity contribution is 5.94. The molecule has 4 rings (SSSR count). The van der Waals surface area contributed by atoms with Crippen molar-refractivity contribution in [2.45, 2.75) is 37.8 Å². The minimum absolute atomic E-state index is 0.177. The van der Waals surface area contributed by atoms with Gasteiger partial charge in [-0.05, 0) is 49.9 Å². The Morgan fingerprint density at radius 2 is 1.67 bits per heavy atom. The Hall–Kier alpha value is -3.10. The lowest BCUT2D eigenvalue weighted by molar-refractivity contribution is 0.0511. The first-order chi connectivity index (χ1) is 19.1. The number of aliphatic hydroxyl groups is 1. The van der Waals surface area contributed by atoms with Crippen molar-refractivity contribution in [2.24, 2.45) is 5.73 Å². The van der Waals surface area contributed by atoms with E-state index in [-0.39, 0.29) is 18.1 Å². The molecule has 0 atom stereocenters. The normalized spacial score (nSPS) is 19.5. The second-order valence-corrected chi connectivity index (χ2v) is 9.50. The summed E-state index contributed by atoms with van der Waals surface area (Å²) < 4.78 is 16.1. The molecule has 0 spiro atoms. The summed E-state index contributed by atoms with van der Waals surface area (Å²) in [6.07, 6.45) is 3.03. The van der Waals surface area contributed by atoms with Crippen LogP contribution in [0.3, 0.4) is 0 Å². The molecule has 2 aromatic rings. The lowest BCUT2D eigenvalue weighted by Crippen LogP contribution is -2.38. The molecule has 1 aromatic heterocycles. The van der Waals surface area contributed by atoms with Crippen molar-refractivity contribution >= 4 is 29.4 Å². The molecule has 2 heterocycles.